The number of hydrogen-bond donors (Lipinski definition) is 0. The topological polar surface area (TPSA) is 28.0 Å². The lowest BCUT2D eigenvalue weighted by Gasteiger charge is -2.00. The van der Waals surface area contributed by atoms with Crippen LogP contribution in [0.2, 0.25) is 0 Å². The van der Waals surface area contributed by atoms with E-state index in [0.29, 0.717) is 0 Å². The molecule has 3 nitrogen and oxygen atoms in total. The van der Waals surface area contributed by atoms with Gasteiger partial charge in [0.1, 0.15) is 0 Å². The third-order valence-corrected chi connectivity index (χ3v) is 0.836. The van der Waals surface area contributed by atoms with Crippen molar-refractivity contribution in [2.75, 3.05) is 6.54 Å². The van der Waals surface area contributed by atoms with Crippen molar-refractivity contribution in [3.05, 3.63) is 0 Å². The summed E-state index contributed by atoms with van der Waals surface area (Å²) in [5, 5.41) is 8.98. The van der Waals surface area contributed by atoms with Crippen molar-refractivity contribution in [1.82, 2.24) is 5.12 Å². The molecule has 38 valence electrons. The summed E-state index contributed by atoms with van der Waals surface area (Å²) in [6.07, 6.45) is 2.83. The van der Waals surface area contributed by atoms with Gasteiger partial charge in [-0.2, -0.15) is 15.3 Å². The fraction of sp³-hybridized carbons (Fsp3) is 0.500. The molecule has 0 aromatic heterocycles. The molecule has 0 unspecified atom stereocenters. The van der Waals surface area contributed by atoms with E-state index in [2.05, 4.69) is 16.9 Å². The SMILES string of the molecule is C=NN1CCC=N1. The molecule has 0 atom stereocenters. The first-order valence-electron chi connectivity index (χ1n) is 2.20. The van der Waals surface area contributed by atoms with Crippen LogP contribution in [0.15, 0.2) is 10.2 Å². The van der Waals surface area contributed by atoms with Crippen molar-refractivity contribution in [2.24, 2.45) is 10.2 Å². The second-order valence-corrected chi connectivity index (χ2v) is 1.32. The molecule has 3 heteroatoms. The number of nitrogens with zero attached hydrogens (tertiary/aromatic N) is 3. The van der Waals surface area contributed by atoms with E-state index in [1.54, 1.807) is 5.12 Å². The van der Waals surface area contributed by atoms with E-state index in [0.717, 1.165) is 13.0 Å². The van der Waals surface area contributed by atoms with Gasteiger partial charge in [0, 0.05) is 19.4 Å². The van der Waals surface area contributed by atoms with Crippen LogP contribution >= 0.6 is 0 Å². The zero-order valence-corrected chi connectivity index (χ0v) is 4.04. The summed E-state index contributed by atoms with van der Waals surface area (Å²) in [5.41, 5.74) is 0. The molecule has 0 N–H and O–H groups in total. The van der Waals surface area contributed by atoms with Gasteiger partial charge < -0.3 is 0 Å². The van der Waals surface area contributed by atoms with Crippen LogP contribution in [-0.4, -0.2) is 24.6 Å². The molecular weight excluding hydrogens is 90.1 g/mol. The highest BCUT2D eigenvalue weighted by molar-refractivity contribution is 5.58. The highest BCUT2D eigenvalue weighted by Gasteiger charge is 1.98. The Hall–Kier alpha value is -0.860. The average molecular weight is 97.1 g/mol. The Morgan fingerprint density at radius 3 is 3.00 bits per heavy atom. The van der Waals surface area contributed by atoms with Crippen LogP contribution in [0.4, 0.5) is 0 Å². The van der Waals surface area contributed by atoms with Crippen molar-refractivity contribution in [1.29, 1.82) is 0 Å². The van der Waals surface area contributed by atoms with Gasteiger partial charge in [0.25, 0.3) is 0 Å². The van der Waals surface area contributed by atoms with Gasteiger partial charge in [-0.05, 0) is 0 Å². The van der Waals surface area contributed by atoms with Gasteiger partial charge in [0.15, 0.2) is 0 Å². The molecule has 1 aliphatic heterocycles. The van der Waals surface area contributed by atoms with Crippen LogP contribution in [0, 0.1) is 0 Å². The summed E-state index contributed by atoms with van der Waals surface area (Å²) in [5.74, 6) is 0. The largest absolute Gasteiger partial charge is 0.186 e. The van der Waals surface area contributed by atoms with Crippen LogP contribution in [0.25, 0.3) is 0 Å². The molecular formula is C4H7N3. The average Bonchev–Trinajstić information content (AvgIpc) is 2.14. The summed E-state index contributed by atoms with van der Waals surface area (Å²) in [4.78, 5) is 0. The minimum absolute atomic E-state index is 0.892. The monoisotopic (exact) mass is 97.1 g/mol. The Balaban J connectivity index is 2.42. The Morgan fingerprint density at radius 2 is 2.71 bits per heavy atom. The van der Waals surface area contributed by atoms with E-state index in [1.807, 2.05) is 6.21 Å². The Labute approximate surface area is 42.3 Å². The minimum Gasteiger partial charge on any atom is -0.186 e. The van der Waals surface area contributed by atoms with Gasteiger partial charge in [-0.1, -0.05) is 0 Å². The molecule has 0 aromatic rings. The van der Waals surface area contributed by atoms with Crippen LogP contribution in [0.5, 0.6) is 0 Å². The molecule has 1 aliphatic rings. The van der Waals surface area contributed by atoms with E-state index in [-0.39, 0.29) is 0 Å². The second-order valence-electron chi connectivity index (χ2n) is 1.32. The van der Waals surface area contributed by atoms with Crippen LogP contribution in [0.1, 0.15) is 6.42 Å². The van der Waals surface area contributed by atoms with Crippen molar-refractivity contribution in [3.63, 3.8) is 0 Å². The first-order chi connectivity index (χ1) is 3.43. The molecule has 0 saturated heterocycles. The fourth-order valence-electron chi connectivity index (χ4n) is 0.490. The maximum Gasteiger partial charge on any atom is 0.0656 e. The van der Waals surface area contributed by atoms with Gasteiger partial charge in [-0.15, -0.1) is 0 Å². The van der Waals surface area contributed by atoms with Gasteiger partial charge in [0.2, 0.25) is 0 Å². The number of rotatable bonds is 1. The van der Waals surface area contributed by atoms with Crippen molar-refractivity contribution < 1.29 is 0 Å². The number of hydrogen-bond acceptors (Lipinski definition) is 3. The molecule has 1 rings (SSSR count). The first kappa shape index (κ1) is 4.30. The maximum absolute atomic E-state index is 3.83. The molecule has 0 aliphatic carbocycles. The first-order valence-corrected chi connectivity index (χ1v) is 2.20. The van der Waals surface area contributed by atoms with Gasteiger partial charge in [-0.3, -0.25) is 0 Å². The van der Waals surface area contributed by atoms with E-state index < -0.39 is 0 Å². The van der Waals surface area contributed by atoms with Crippen molar-refractivity contribution >= 4 is 12.9 Å². The third-order valence-electron chi connectivity index (χ3n) is 0.836. The maximum atomic E-state index is 3.83. The van der Waals surface area contributed by atoms with Crippen LogP contribution in [0.3, 0.4) is 0 Å². The highest BCUT2D eigenvalue weighted by Crippen LogP contribution is 1.96. The molecule has 0 spiro atoms. The Bertz CT molecular complexity index is 97.1. The van der Waals surface area contributed by atoms with E-state index in [9.17, 15) is 0 Å². The summed E-state index contributed by atoms with van der Waals surface area (Å²) < 4.78 is 0. The Morgan fingerprint density at radius 1 is 1.86 bits per heavy atom. The second kappa shape index (κ2) is 1.73. The predicted octanol–water partition coefficient (Wildman–Crippen LogP) is 0.293. The zero-order chi connectivity index (χ0) is 5.11. The van der Waals surface area contributed by atoms with E-state index in [1.165, 1.54) is 0 Å². The van der Waals surface area contributed by atoms with Crippen LogP contribution < -0.4 is 0 Å². The molecule has 0 aromatic carbocycles. The zero-order valence-electron chi connectivity index (χ0n) is 4.04. The van der Waals surface area contributed by atoms with Gasteiger partial charge in [0.05, 0.1) is 6.54 Å². The molecule has 0 radical (unpaired) electrons. The summed E-state index contributed by atoms with van der Waals surface area (Å²) in [7, 11) is 0. The molecule has 0 fully saturated rings. The third kappa shape index (κ3) is 0.765. The standard InChI is InChI=1S/C4H7N3/c1-5-7-4-2-3-6-7/h3H,1-2,4H2. The fourth-order valence-corrected chi connectivity index (χ4v) is 0.490. The molecule has 0 saturated carbocycles. The lowest BCUT2D eigenvalue weighted by Crippen LogP contribution is -2.03. The normalized spacial score (nSPS) is 18.0. The summed E-state index contributed by atoms with van der Waals surface area (Å²) in [6.45, 7) is 4.20. The molecule has 7 heavy (non-hydrogen) atoms. The molecule has 0 amide bonds. The van der Waals surface area contributed by atoms with Gasteiger partial charge >= 0.3 is 0 Å². The molecule has 1 heterocycles. The quantitative estimate of drug-likeness (QED) is 0.432. The summed E-state index contributed by atoms with van der Waals surface area (Å²) in [6, 6.07) is 0. The van der Waals surface area contributed by atoms with Crippen molar-refractivity contribution in [2.45, 2.75) is 6.42 Å². The molecule has 0 bridgehead atoms. The van der Waals surface area contributed by atoms with E-state index in [4.69, 9.17) is 0 Å². The van der Waals surface area contributed by atoms with Gasteiger partial charge in [-0.25, -0.2) is 0 Å². The van der Waals surface area contributed by atoms with Crippen LogP contribution in [-0.2, 0) is 0 Å². The highest BCUT2D eigenvalue weighted by atomic mass is 15.7. The predicted molar refractivity (Wildman–Crippen MR) is 29.4 cm³/mol. The lowest BCUT2D eigenvalue weighted by atomic mass is 10.5. The lowest BCUT2D eigenvalue weighted by molar-refractivity contribution is 0.341. The number of hydrazone groups is 2. The minimum atomic E-state index is 0.892. The van der Waals surface area contributed by atoms with Crippen molar-refractivity contribution in [3.8, 4) is 0 Å². The Kier molecular flexibility index (Phi) is 1.06. The summed E-state index contributed by atoms with van der Waals surface area (Å²) >= 11 is 0. The smallest absolute Gasteiger partial charge is 0.0656 e. The van der Waals surface area contributed by atoms with E-state index >= 15 is 0 Å².